The summed E-state index contributed by atoms with van der Waals surface area (Å²) < 4.78 is 1.06. The van der Waals surface area contributed by atoms with Gasteiger partial charge >= 0.3 is 0 Å². The molecular weight excluding hydrogens is 340 g/mol. The Morgan fingerprint density at radius 2 is 1.90 bits per heavy atom. The molecule has 0 spiro atoms. The van der Waals surface area contributed by atoms with E-state index in [1.165, 1.54) is 12.5 Å². The first-order valence-corrected chi connectivity index (χ1v) is 7.27. The van der Waals surface area contributed by atoms with E-state index < -0.39 is 0 Å². The van der Waals surface area contributed by atoms with Crippen LogP contribution in [0.4, 0.5) is 11.4 Å². The molecule has 20 heavy (non-hydrogen) atoms. The van der Waals surface area contributed by atoms with Crippen LogP contribution in [0.1, 0.15) is 12.5 Å². The van der Waals surface area contributed by atoms with Gasteiger partial charge in [-0.3, -0.25) is 4.79 Å². The largest absolute Gasteiger partial charge is 0.381 e. The van der Waals surface area contributed by atoms with E-state index in [9.17, 15) is 4.79 Å². The predicted octanol–water partition coefficient (Wildman–Crippen LogP) is 4.67. The maximum absolute atomic E-state index is 11.0. The third kappa shape index (κ3) is 4.25. The third-order valence-electron chi connectivity index (χ3n) is 2.69. The van der Waals surface area contributed by atoms with Crippen molar-refractivity contribution >= 4 is 44.8 Å². The molecule has 0 aliphatic rings. The Morgan fingerprint density at radius 1 is 1.20 bits per heavy atom. The van der Waals surface area contributed by atoms with Gasteiger partial charge in [-0.25, -0.2) is 0 Å². The van der Waals surface area contributed by atoms with E-state index in [-0.39, 0.29) is 5.91 Å². The number of nitrogens with one attached hydrogen (secondary N) is 2. The average Bonchev–Trinajstić information content (AvgIpc) is 2.40. The van der Waals surface area contributed by atoms with Crippen LogP contribution in [0.3, 0.4) is 0 Å². The first kappa shape index (κ1) is 14.9. The number of hydrogen-bond acceptors (Lipinski definition) is 2. The number of carbonyl (C=O) groups is 1. The summed E-state index contributed by atoms with van der Waals surface area (Å²) in [5.74, 6) is -0.137. The van der Waals surface area contributed by atoms with Gasteiger partial charge in [0.15, 0.2) is 0 Å². The number of hydrogen-bond donors (Lipinski definition) is 2. The topological polar surface area (TPSA) is 41.1 Å². The molecule has 0 fully saturated rings. The summed E-state index contributed by atoms with van der Waals surface area (Å²) in [7, 11) is 0. The van der Waals surface area contributed by atoms with E-state index in [2.05, 4.69) is 26.6 Å². The van der Waals surface area contributed by atoms with E-state index in [0.29, 0.717) is 17.3 Å². The first-order chi connectivity index (χ1) is 9.54. The first-order valence-electron chi connectivity index (χ1n) is 6.10. The molecule has 3 nitrogen and oxygen atoms in total. The molecule has 1 amide bonds. The van der Waals surface area contributed by atoms with Crippen LogP contribution in [0.15, 0.2) is 46.9 Å². The molecule has 2 aromatic carbocycles. The fraction of sp³-hybridized carbons (Fsp3) is 0.133. The molecule has 0 heterocycles. The van der Waals surface area contributed by atoms with Crippen LogP contribution in [0, 0.1) is 0 Å². The molecule has 2 N–H and O–H groups in total. The van der Waals surface area contributed by atoms with E-state index in [1.807, 2.05) is 30.3 Å². The van der Waals surface area contributed by atoms with Gasteiger partial charge in [0.1, 0.15) is 0 Å². The summed E-state index contributed by atoms with van der Waals surface area (Å²) in [5, 5.41) is 6.48. The fourth-order valence-corrected chi connectivity index (χ4v) is 2.21. The molecule has 2 aromatic rings. The molecule has 104 valence electrons. The minimum atomic E-state index is -0.137. The highest BCUT2D eigenvalue weighted by Crippen LogP contribution is 2.25. The summed E-state index contributed by atoms with van der Waals surface area (Å²) >= 11 is 9.52. The highest BCUT2D eigenvalue weighted by molar-refractivity contribution is 9.10. The minimum absolute atomic E-state index is 0.137. The second-order valence-corrected chi connectivity index (χ2v) is 5.68. The molecule has 0 unspecified atom stereocenters. The van der Waals surface area contributed by atoms with E-state index >= 15 is 0 Å². The van der Waals surface area contributed by atoms with Gasteiger partial charge in [-0.05, 0) is 35.9 Å². The Hall–Kier alpha value is -1.52. The number of rotatable bonds is 4. The fourth-order valence-electron chi connectivity index (χ4n) is 1.72. The number of benzene rings is 2. The Bertz CT molecular complexity index is 614. The second-order valence-electron chi connectivity index (χ2n) is 4.36. The van der Waals surface area contributed by atoms with Gasteiger partial charge in [0, 0.05) is 23.6 Å². The van der Waals surface area contributed by atoms with Gasteiger partial charge in [0.05, 0.1) is 10.7 Å². The number of carbonyl (C=O) groups excluding carboxylic acids is 1. The van der Waals surface area contributed by atoms with Gasteiger partial charge in [-0.15, -0.1) is 0 Å². The predicted molar refractivity (Wildman–Crippen MR) is 87.2 cm³/mol. The van der Waals surface area contributed by atoms with E-state index in [1.54, 1.807) is 12.1 Å². The van der Waals surface area contributed by atoms with Gasteiger partial charge < -0.3 is 10.6 Å². The molecule has 0 aliphatic heterocycles. The molecule has 5 heteroatoms. The van der Waals surface area contributed by atoms with Crippen LogP contribution >= 0.6 is 27.5 Å². The number of anilines is 2. The van der Waals surface area contributed by atoms with Crippen molar-refractivity contribution in [2.75, 3.05) is 10.6 Å². The van der Waals surface area contributed by atoms with Crippen molar-refractivity contribution in [1.29, 1.82) is 0 Å². The number of halogens is 2. The van der Waals surface area contributed by atoms with Crippen molar-refractivity contribution in [2.24, 2.45) is 0 Å². The number of amides is 1. The normalized spacial score (nSPS) is 10.2. The van der Waals surface area contributed by atoms with Gasteiger partial charge in [0.25, 0.3) is 0 Å². The molecule has 0 saturated heterocycles. The summed E-state index contributed by atoms with van der Waals surface area (Å²) in [6.07, 6.45) is 0. The zero-order valence-corrected chi connectivity index (χ0v) is 13.3. The van der Waals surface area contributed by atoms with Crippen molar-refractivity contribution in [2.45, 2.75) is 13.5 Å². The van der Waals surface area contributed by atoms with Gasteiger partial charge in [0.2, 0.25) is 5.91 Å². The standard InChI is InChI=1S/C15H14BrClN2O/c1-10(20)19-15-7-6-13(8-14(15)17)18-9-11-2-4-12(16)5-3-11/h2-8,18H,9H2,1H3,(H,19,20). The van der Waals surface area contributed by atoms with Crippen molar-refractivity contribution in [3.05, 3.63) is 57.5 Å². The molecule has 0 aliphatic carbocycles. The van der Waals surface area contributed by atoms with Crippen molar-refractivity contribution in [3.63, 3.8) is 0 Å². The van der Waals surface area contributed by atoms with Crippen LogP contribution in [0.5, 0.6) is 0 Å². The lowest BCUT2D eigenvalue weighted by atomic mass is 10.2. The van der Waals surface area contributed by atoms with Crippen LogP contribution in [0.25, 0.3) is 0 Å². The molecule has 0 aromatic heterocycles. The summed E-state index contributed by atoms with van der Waals surface area (Å²) in [6.45, 7) is 2.17. The highest BCUT2D eigenvalue weighted by atomic mass is 79.9. The van der Waals surface area contributed by atoms with Crippen molar-refractivity contribution in [1.82, 2.24) is 0 Å². The molecule has 0 radical (unpaired) electrons. The maximum atomic E-state index is 11.0. The smallest absolute Gasteiger partial charge is 0.221 e. The Balaban J connectivity index is 2.01. The quantitative estimate of drug-likeness (QED) is 0.838. The Morgan fingerprint density at radius 3 is 2.50 bits per heavy atom. The van der Waals surface area contributed by atoms with Crippen molar-refractivity contribution in [3.8, 4) is 0 Å². The molecule has 0 atom stereocenters. The van der Waals surface area contributed by atoms with Gasteiger partial charge in [-0.2, -0.15) is 0 Å². The van der Waals surface area contributed by atoms with Crippen LogP contribution in [-0.2, 0) is 11.3 Å². The third-order valence-corrected chi connectivity index (χ3v) is 3.53. The zero-order chi connectivity index (χ0) is 14.5. The summed E-state index contributed by atoms with van der Waals surface area (Å²) in [4.78, 5) is 11.0. The maximum Gasteiger partial charge on any atom is 0.221 e. The van der Waals surface area contributed by atoms with Crippen molar-refractivity contribution < 1.29 is 4.79 Å². The SMILES string of the molecule is CC(=O)Nc1ccc(NCc2ccc(Br)cc2)cc1Cl. The lowest BCUT2D eigenvalue weighted by molar-refractivity contribution is -0.114. The lowest BCUT2D eigenvalue weighted by Gasteiger charge is -2.10. The summed E-state index contributed by atoms with van der Waals surface area (Å²) in [5.41, 5.74) is 2.70. The van der Waals surface area contributed by atoms with Crippen LogP contribution < -0.4 is 10.6 Å². The molecular formula is C15H14BrClN2O. The van der Waals surface area contributed by atoms with Crippen LogP contribution in [0.2, 0.25) is 5.02 Å². The van der Waals surface area contributed by atoms with E-state index in [4.69, 9.17) is 11.6 Å². The highest BCUT2D eigenvalue weighted by Gasteiger charge is 2.03. The lowest BCUT2D eigenvalue weighted by Crippen LogP contribution is -2.06. The Kier molecular flexibility index (Phi) is 5.04. The minimum Gasteiger partial charge on any atom is -0.381 e. The molecule has 0 saturated carbocycles. The molecule has 0 bridgehead atoms. The second kappa shape index (κ2) is 6.77. The van der Waals surface area contributed by atoms with Crippen LogP contribution in [-0.4, -0.2) is 5.91 Å². The average molecular weight is 354 g/mol. The van der Waals surface area contributed by atoms with Gasteiger partial charge in [-0.1, -0.05) is 39.7 Å². The summed E-state index contributed by atoms with van der Waals surface area (Å²) in [6, 6.07) is 13.6. The Labute approximate surface area is 131 Å². The monoisotopic (exact) mass is 352 g/mol. The zero-order valence-electron chi connectivity index (χ0n) is 10.9. The molecule has 2 rings (SSSR count). The van der Waals surface area contributed by atoms with E-state index in [0.717, 1.165) is 10.2 Å².